The average Bonchev–Trinajstić information content (AvgIpc) is 2.69. The predicted octanol–water partition coefficient (Wildman–Crippen LogP) is 4.08. The number of hydrogen-bond acceptors (Lipinski definition) is 3. The van der Waals surface area contributed by atoms with Gasteiger partial charge in [-0.15, -0.1) is 11.3 Å². The van der Waals surface area contributed by atoms with Gasteiger partial charge in [0.2, 0.25) is 0 Å². The van der Waals surface area contributed by atoms with E-state index in [1.54, 1.807) is 13.0 Å². The van der Waals surface area contributed by atoms with Gasteiger partial charge in [0.15, 0.2) is 5.13 Å². The molecule has 1 aromatic carbocycles. The maximum absolute atomic E-state index is 13.4. The molecule has 90 valence electrons. The van der Waals surface area contributed by atoms with E-state index in [-0.39, 0.29) is 5.82 Å². The van der Waals surface area contributed by atoms with Gasteiger partial charge in [0.1, 0.15) is 5.82 Å². The van der Waals surface area contributed by atoms with Crippen LogP contribution in [-0.2, 0) is 0 Å². The van der Waals surface area contributed by atoms with Gasteiger partial charge < -0.3 is 5.32 Å². The maximum atomic E-state index is 13.4. The molecule has 2 aromatic rings. The van der Waals surface area contributed by atoms with Crippen molar-refractivity contribution in [3.8, 4) is 11.3 Å². The summed E-state index contributed by atoms with van der Waals surface area (Å²) in [6.45, 7) is 5.88. The van der Waals surface area contributed by atoms with E-state index in [0.29, 0.717) is 11.6 Å². The van der Waals surface area contributed by atoms with Crippen LogP contribution in [0.2, 0.25) is 0 Å². The van der Waals surface area contributed by atoms with Crippen LogP contribution in [0.1, 0.15) is 19.4 Å². The van der Waals surface area contributed by atoms with Crippen molar-refractivity contribution in [2.45, 2.75) is 26.8 Å². The summed E-state index contributed by atoms with van der Waals surface area (Å²) < 4.78 is 13.4. The van der Waals surface area contributed by atoms with Gasteiger partial charge in [0.25, 0.3) is 0 Å². The minimum absolute atomic E-state index is 0.186. The topological polar surface area (TPSA) is 24.9 Å². The normalized spacial score (nSPS) is 10.9. The summed E-state index contributed by atoms with van der Waals surface area (Å²) in [7, 11) is 0. The number of hydrogen-bond donors (Lipinski definition) is 1. The molecule has 0 spiro atoms. The molecule has 0 unspecified atom stereocenters. The lowest BCUT2D eigenvalue weighted by molar-refractivity contribution is 0.619. The largest absolute Gasteiger partial charge is 0.359 e. The summed E-state index contributed by atoms with van der Waals surface area (Å²) in [5.74, 6) is -0.186. The molecule has 0 aliphatic carbocycles. The Labute approximate surface area is 105 Å². The molecule has 0 radical (unpaired) electrons. The number of aromatic nitrogens is 1. The monoisotopic (exact) mass is 250 g/mol. The van der Waals surface area contributed by atoms with E-state index in [1.165, 1.54) is 17.4 Å². The Kier molecular flexibility index (Phi) is 3.43. The summed E-state index contributed by atoms with van der Waals surface area (Å²) in [4.78, 5) is 4.43. The highest BCUT2D eigenvalue weighted by atomic mass is 32.1. The number of anilines is 1. The van der Waals surface area contributed by atoms with Gasteiger partial charge in [-0.1, -0.05) is 12.1 Å². The molecule has 2 nitrogen and oxygen atoms in total. The van der Waals surface area contributed by atoms with Crippen molar-refractivity contribution in [1.29, 1.82) is 0 Å². The average molecular weight is 250 g/mol. The third-order valence-electron chi connectivity index (χ3n) is 2.38. The van der Waals surface area contributed by atoms with Gasteiger partial charge in [0.05, 0.1) is 5.69 Å². The number of nitrogens with zero attached hydrogens (tertiary/aromatic N) is 1. The number of rotatable bonds is 3. The third kappa shape index (κ3) is 2.82. The van der Waals surface area contributed by atoms with E-state index >= 15 is 0 Å². The van der Waals surface area contributed by atoms with Gasteiger partial charge in [0, 0.05) is 17.0 Å². The van der Waals surface area contributed by atoms with Crippen molar-refractivity contribution >= 4 is 16.5 Å². The Bertz CT molecular complexity index is 520. The van der Waals surface area contributed by atoms with Gasteiger partial charge in [-0.3, -0.25) is 0 Å². The van der Waals surface area contributed by atoms with Gasteiger partial charge in [-0.25, -0.2) is 9.37 Å². The molecule has 0 amide bonds. The quantitative estimate of drug-likeness (QED) is 0.888. The molecule has 0 aliphatic rings. The predicted molar refractivity (Wildman–Crippen MR) is 71.0 cm³/mol. The van der Waals surface area contributed by atoms with Crippen molar-refractivity contribution in [3.05, 3.63) is 35.0 Å². The Balaban J connectivity index is 2.27. The minimum atomic E-state index is -0.186. The number of halogens is 1. The summed E-state index contributed by atoms with van der Waals surface area (Å²) in [5.41, 5.74) is 2.29. The van der Waals surface area contributed by atoms with E-state index < -0.39 is 0 Å². The van der Waals surface area contributed by atoms with Crippen LogP contribution in [-0.4, -0.2) is 11.0 Å². The molecule has 2 rings (SSSR count). The highest BCUT2D eigenvalue weighted by molar-refractivity contribution is 7.14. The fourth-order valence-corrected chi connectivity index (χ4v) is 2.34. The first-order chi connectivity index (χ1) is 8.06. The van der Waals surface area contributed by atoms with E-state index in [4.69, 9.17) is 0 Å². The standard InChI is InChI=1S/C13H15FN2S/c1-8(2)15-13-16-12(7-17-13)10-5-4-9(3)11(14)6-10/h4-8H,1-3H3,(H,15,16). The molecule has 17 heavy (non-hydrogen) atoms. The second-order valence-electron chi connectivity index (χ2n) is 4.30. The molecule has 0 fully saturated rings. The Morgan fingerprint density at radius 1 is 1.35 bits per heavy atom. The van der Waals surface area contributed by atoms with Crippen molar-refractivity contribution in [2.75, 3.05) is 5.32 Å². The van der Waals surface area contributed by atoms with Gasteiger partial charge in [-0.2, -0.15) is 0 Å². The Morgan fingerprint density at radius 3 is 2.76 bits per heavy atom. The van der Waals surface area contributed by atoms with Crippen LogP contribution in [0.15, 0.2) is 23.6 Å². The highest BCUT2D eigenvalue weighted by Crippen LogP contribution is 2.26. The molecule has 4 heteroatoms. The number of nitrogens with one attached hydrogen (secondary N) is 1. The first-order valence-electron chi connectivity index (χ1n) is 5.55. The number of aryl methyl sites for hydroxylation is 1. The Hall–Kier alpha value is -1.42. The van der Waals surface area contributed by atoms with Crippen LogP contribution >= 0.6 is 11.3 Å². The van der Waals surface area contributed by atoms with Crippen LogP contribution in [0.25, 0.3) is 11.3 Å². The molecule has 1 heterocycles. The molecular formula is C13H15FN2S. The van der Waals surface area contributed by atoms with Crippen molar-refractivity contribution in [2.24, 2.45) is 0 Å². The van der Waals surface area contributed by atoms with Gasteiger partial charge in [-0.05, 0) is 32.4 Å². The second-order valence-corrected chi connectivity index (χ2v) is 5.16. The third-order valence-corrected chi connectivity index (χ3v) is 3.16. The highest BCUT2D eigenvalue weighted by Gasteiger charge is 2.07. The number of benzene rings is 1. The van der Waals surface area contributed by atoms with Crippen LogP contribution in [0.3, 0.4) is 0 Å². The van der Waals surface area contributed by atoms with E-state index in [0.717, 1.165) is 16.4 Å². The van der Waals surface area contributed by atoms with E-state index in [2.05, 4.69) is 24.1 Å². The summed E-state index contributed by atoms with van der Waals surface area (Å²) in [6, 6.07) is 5.55. The zero-order chi connectivity index (χ0) is 12.4. The minimum Gasteiger partial charge on any atom is -0.359 e. The molecule has 1 N–H and O–H groups in total. The van der Waals surface area contributed by atoms with Crippen molar-refractivity contribution in [1.82, 2.24) is 4.98 Å². The van der Waals surface area contributed by atoms with Crippen LogP contribution in [0, 0.1) is 12.7 Å². The maximum Gasteiger partial charge on any atom is 0.183 e. The molecule has 0 bridgehead atoms. The van der Waals surface area contributed by atoms with E-state index in [1.807, 2.05) is 11.4 Å². The Morgan fingerprint density at radius 2 is 2.12 bits per heavy atom. The lowest BCUT2D eigenvalue weighted by Crippen LogP contribution is -2.08. The van der Waals surface area contributed by atoms with Crippen LogP contribution in [0.4, 0.5) is 9.52 Å². The lowest BCUT2D eigenvalue weighted by atomic mass is 10.1. The fourth-order valence-electron chi connectivity index (χ4n) is 1.47. The molecule has 0 atom stereocenters. The lowest BCUT2D eigenvalue weighted by Gasteiger charge is -2.04. The van der Waals surface area contributed by atoms with Gasteiger partial charge >= 0.3 is 0 Å². The molecule has 0 saturated carbocycles. The van der Waals surface area contributed by atoms with Crippen LogP contribution in [0.5, 0.6) is 0 Å². The molecular weight excluding hydrogens is 235 g/mol. The zero-order valence-electron chi connectivity index (χ0n) is 10.1. The second kappa shape index (κ2) is 4.84. The van der Waals surface area contributed by atoms with Crippen molar-refractivity contribution < 1.29 is 4.39 Å². The summed E-state index contributed by atoms with van der Waals surface area (Å²) >= 11 is 1.54. The fraction of sp³-hybridized carbons (Fsp3) is 0.308. The molecule has 0 saturated heterocycles. The summed E-state index contributed by atoms with van der Waals surface area (Å²) in [5, 5.41) is 6.05. The zero-order valence-corrected chi connectivity index (χ0v) is 10.9. The van der Waals surface area contributed by atoms with Crippen molar-refractivity contribution in [3.63, 3.8) is 0 Å². The summed E-state index contributed by atoms with van der Waals surface area (Å²) in [6.07, 6.45) is 0. The number of thiazole rings is 1. The van der Waals surface area contributed by atoms with Crippen LogP contribution < -0.4 is 5.32 Å². The first-order valence-corrected chi connectivity index (χ1v) is 6.43. The SMILES string of the molecule is Cc1ccc(-c2csc(NC(C)C)n2)cc1F. The smallest absolute Gasteiger partial charge is 0.183 e. The first kappa shape index (κ1) is 12.0. The van der Waals surface area contributed by atoms with E-state index in [9.17, 15) is 4.39 Å². The molecule has 1 aromatic heterocycles. The molecule has 0 aliphatic heterocycles.